The molecule has 0 heterocycles. The highest BCUT2D eigenvalue weighted by Crippen LogP contribution is 2.23. The van der Waals surface area contributed by atoms with Crippen LogP contribution < -0.4 is 5.32 Å². The Labute approximate surface area is 126 Å². The second kappa shape index (κ2) is 9.51. The van der Waals surface area contributed by atoms with E-state index < -0.39 is 0 Å². The van der Waals surface area contributed by atoms with Gasteiger partial charge in [0.05, 0.1) is 0 Å². The van der Waals surface area contributed by atoms with E-state index in [1.165, 1.54) is 16.5 Å². The van der Waals surface area contributed by atoms with Gasteiger partial charge in [-0.25, -0.2) is 0 Å². The van der Waals surface area contributed by atoms with Crippen LogP contribution in [0.15, 0.2) is 28.7 Å². The predicted octanol–water partition coefficient (Wildman–Crippen LogP) is 3.89. The van der Waals surface area contributed by atoms with Crippen LogP contribution in [0.1, 0.15) is 25.8 Å². The Morgan fingerprint density at radius 3 is 2.68 bits per heavy atom. The van der Waals surface area contributed by atoms with Crippen LogP contribution in [0.5, 0.6) is 0 Å². The van der Waals surface area contributed by atoms with E-state index in [2.05, 4.69) is 59.4 Å². The van der Waals surface area contributed by atoms with Crippen molar-refractivity contribution in [2.45, 2.75) is 26.7 Å². The molecule has 0 aliphatic rings. The standard InChI is InChI=1S/C16H26BrNO/c1-4-9-18-11-15(13(2)12-19-3)10-14-7-5-6-8-16(14)17/h5-8,13,15,18H,4,9-12H2,1-3H3. The maximum Gasteiger partial charge on any atom is 0.0491 e. The van der Waals surface area contributed by atoms with Crippen molar-refractivity contribution >= 4 is 15.9 Å². The minimum atomic E-state index is 0.557. The highest BCUT2D eigenvalue weighted by Gasteiger charge is 2.18. The summed E-state index contributed by atoms with van der Waals surface area (Å²) < 4.78 is 6.53. The molecule has 0 fully saturated rings. The zero-order chi connectivity index (χ0) is 14.1. The van der Waals surface area contributed by atoms with Crippen molar-refractivity contribution in [2.24, 2.45) is 11.8 Å². The summed E-state index contributed by atoms with van der Waals surface area (Å²) in [5.74, 6) is 1.16. The van der Waals surface area contributed by atoms with E-state index in [4.69, 9.17) is 4.74 Å². The van der Waals surface area contributed by atoms with Crippen molar-refractivity contribution < 1.29 is 4.74 Å². The monoisotopic (exact) mass is 327 g/mol. The van der Waals surface area contributed by atoms with Gasteiger partial charge in [-0.1, -0.05) is 48.0 Å². The molecule has 0 bridgehead atoms. The Kier molecular flexibility index (Phi) is 8.35. The molecular formula is C16H26BrNO. The number of methoxy groups -OCH3 is 1. The van der Waals surface area contributed by atoms with Crippen molar-refractivity contribution in [3.05, 3.63) is 34.3 Å². The Bertz CT molecular complexity index is 356. The molecule has 1 aromatic rings. The maximum absolute atomic E-state index is 5.32. The molecule has 0 aliphatic heterocycles. The van der Waals surface area contributed by atoms with Crippen molar-refractivity contribution in [2.75, 3.05) is 26.8 Å². The van der Waals surface area contributed by atoms with Gasteiger partial charge < -0.3 is 10.1 Å². The maximum atomic E-state index is 5.32. The first-order valence-electron chi connectivity index (χ1n) is 7.12. The normalized spacial score (nSPS) is 14.3. The summed E-state index contributed by atoms with van der Waals surface area (Å²) in [6, 6.07) is 8.50. The number of rotatable bonds is 9. The van der Waals surface area contributed by atoms with Crippen molar-refractivity contribution in [1.29, 1.82) is 0 Å². The van der Waals surface area contributed by atoms with E-state index in [0.717, 1.165) is 26.1 Å². The van der Waals surface area contributed by atoms with Gasteiger partial charge in [-0.2, -0.15) is 0 Å². The highest BCUT2D eigenvalue weighted by atomic mass is 79.9. The molecule has 1 rings (SSSR count). The Morgan fingerprint density at radius 2 is 2.05 bits per heavy atom. The fraction of sp³-hybridized carbons (Fsp3) is 0.625. The molecule has 2 unspecified atom stereocenters. The summed E-state index contributed by atoms with van der Waals surface area (Å²) in [7, 11) is 1.78. The lowest BCUT2D eigenvalue weighted by Gasteiger charge is -2.24. The highest BCUT2D eigenvalue weighted by molar-refractivity contribution is 9.10. The second-order valence-corrected chi connectivity index (χ2v) is 6.05. The van der Waals surface area contributed by atoms with Crippen molar-refractivity contribution in [1.82, 2.24) is 5.32 Å². The molecule has 0 saturated heterocycles. The van der Waals surface area contributed by atoms with Crippen molar-refractivity contribution in [3.8, 4) is 0 Å². The van der Waals surface area contributed by atoms with Crippen LogP contribution in [0.4, 0.5) is 0 Å². The minimum Gasteiger partial charge on any atom is -0.384 e. The summed E-state index contributed by atoms with van der Waals surface area (Å²) in [5.41, 5.74) is 1.38. The van der Waals surface area contributed by atoms with E-state index in [-0.39, 0.29) is 0 Å². The average Bonchev–Trinajstić information content (AvgIpc) is 2.40. The summed E-state index contributed by atoms with van der Waals surface area (Å²) in [4.78, 5) is 0. The smallest absolute Gasteiger partial charge is 0.0491 e. The van der Waals surface area contributed by atoms with Crippen LogP contribution in [-0.4, -0.2) is 26.8 Å². The fourth-order valence-corrected chi connectivity index (χ4v) is 2.73. The molecule has 0 spiro atoms. The van der Waals surface area contributed by atoms with Gasteiger partial charge in [-0.05, 0) is 49.4 Å². The van der Waals surface area contributed by atoms with Gasteiger partial charge in [-0.15, -0.1) is 0 Å². The van der Waals surface area contributed by atoms with E-state index in [1.54, 1.807) is 7.11 Å². The van der Waals surface area contributed by atoms with E-state index in [9.17, 15) is 0 Å². The molecule has 0 amide bonds. The topological polar surface area (TPSA) is 21.3 Å². The Hall–Kier alpha value is -0.380. The molecule has 1 N–H and O–H groups in total. The molecule has 0 aromatic heterocycles. The molecule has 0 saturated carbocycles. The van der Waals surface area contributed by atoms with E-state index in [0.29, 0.717) is 11.8 Å². The molecule has 0 radical (unpaired) electrons. The third-order valence-corrected chi connectivity index (χ3v) is 4.28. The van der Waals surface area contributed by atoms with Crippen LogP contribution in [-0.2, 0) is 11.2 Å². The molecule has 108 valence electrons. The SMILES string of the molecule is CCCNCC(Cc1ccccc1Br)C(C)COC. The fourth-order valence-electron chi connectivity index (χ4n) is 2.28. The first-order valence-corrected chi connectivity index (χ1v) is 7.91. The molecule has 0 aliphatic carbocycles. The van der Waals surface area contributed by atoms with Crippen LogP contribution in [0.2, 0.25) is 0 Å². The Morgan fingerprint density at radius 1 is 1.32 bits per heavy atom. The third kappa shape index (κ3) is 6.07. The lowest BCUT2D eigenvalue weighted by molar-refractivity contribution is 0.128. The van der Waals surface area contributed by atoms with E-state index >= 15 is 0 Å². The number of hydrogen-bond donors (Lipinski definition) is 1. The zero-order valence-corrected chi connectivity index (χ0v) is 13.9. The number of halogens is 1. The van der Waals surface area contributed by atoms with Gasteiger partial charge in [0, 0.05) is 18.2 Å². The number of benzene rings is 1. The third-order valence-electron chi connectivity index (χ3n) is 3.51. The van der Waals surface area contributed by atoms with Crippen LogP contribution in [0.3, 0.4) is 0 Å². The second-order valence-electron chi connectivity index (χ2n) is 5.19. The summed E-state index contributed by atoms with van der Waals surface area (Å²) in [6.45, 7) is 7.45. The Balaban J connectivity index is 2.64. The molecular weight excluding hydrogens is 302 g/mol. The van der Waals surface area contributed by atoms with Gasteiger partial charge in [0.2, 0.25) is 0 Å². The van der Waals surface area contributed by atoms with Crippen LogP contribution >= 0.6 is 15.9 Å². The van der Waals surface area contributed by atoms with Crippen LogP contribution in [0.25, 0.3) is 0 Å². The molecule has 3 heteroatoms. The van der Waals surface area contributed by atoms with Gasteiger partial charge >= 0.3 is 0 Å². The van der Waals surface area contributed by atoms with E-state index in [1.807, 2.05) is 0 Å². The molecule has 19 heavy (non-hydrogen) atoms. The largest absolute Gasteiger partial charge is 0.384 e. The molecule has 2 atom stereocenters. The van der Waals surface area contributed by atoms with Gasteiger partial charge in [0.25, 0.3) is 0 Å². The quantitative estimate of drug-likeness (QED) is 0.695. The number of hydrogen-bond acceptors (Lipinski definition) is 2. The van der Waals surface area contributed by atoms with Gasteiger partial charge in [0.1, 0.15) is 0 Å². The van der Waals surface area contributed by atoms with Gasteiger partial charge in [-0.3, -0.25) is 0 Å². The van der Waals surface area contributed by atoms with Crippen LogP contribution in [0, 0.1) is 11.8 Å². The molecule has 1 aromatic carbocycles. The number of nitrogens with one attached hydrogen (secondary N) is 1. The first kappa shape index (κ1) is 16.7. The predicted molar refractivity (Wildman–Crippen MR) is 85.5 cm³/mol. The number of ether oxygens (including phenoxy) is 1. The zero-order valence-electron chi connectivity index (χ0n) is 12.3. The molecule has 2 nitrogen and oxygen atoms in total. The summed E-state index contributed by atoms with van der Waals surface area (Å²) in [6.07, 6.45) is 2.27. The lowest BCUT2D eigenvalue weighted by atomic mass is 9.88. The lowest BCUT2D eigenvalue weighted by Crippen LogP contribution is -2.31. The van der Waals surface area contributed by atoms with Crippen molar-refractivity contribution in [3.63, 3.8) is 0 Å². The summed E-state index contributed by atoms with van der Waals surface area (Å²) >= 11 is 3.64. The summed E-state index contributed by atoms with van der Waals surface area (Å²) in [5, 5.41) is 3.54. The minimum absolute atomic E-state index is 0.557. The average molecular weight is 328 g/mol. The first-order chi connectivity index (χ1) is 9.19. The van der Waals surface area contributed by atoms with Gasteiger partial charge in [0.15, 0.2) is 0 Å².